The zero-order valence-electron chi connectivity index (χ0n) is 9.04. The van der Waals surface area contributed by atoms with E-state index in [2.05, 4.69) is 15.3 Å². The molecule has 0 amide bonds. The van der Waals surface area contributed by atoms with Crippen LogP contribution in [0, 0.1) is 13.8 Å². The zero-order valence-corrected chi connectivity index (χ0v) is 9.04. The first-order valence-electron chi connectivity index (χ1n) is 4.89. The van der Waals surface area contributed by atoms with Gasteiger partial charge in [-0.1, -0.05) is 0 Å². The molecule has 1 aromatic rings. The first-order chi connectivity index (χ1) is 6.58. The minimum atomic E-state index is 0.228. The van der Waals surface area contributed by atoms with Crippen LogP contribution < -0.4 is 11.1 Å². The molecule has 0 fully saturated rings. The van der Waals surface area contributed by atoms with Gasteiger partial charge in [0.15, 0.2) is 0 Å². The molecular formula is C10H18N4. The summed E-state index contributed by atoms with van der Waals surface area (Å²) in [5, 5.41) is 3.23. The van der Waals surface area contributed by atoms with Gasteiger partial charge in [-0.3, -0.25) is 0 Å². The Labute approximate surface area is 85.0 Å². The summed E-state index contributed by atoms with van der Waals surface area (Å²) in [4.78, 5) is 8.47. The van der Waals surface area contributed by atoms with Crippen molar-refractivity contribution < 1.29 is 0 Å². The van der Waals surface area contributed by atoms with Crippen molar-refractivity contribution >= 4 is 5.82 Å². The van der Waals surface area contributed by atoms with Gasteiger partial charge in [0, 0.05) is 24.3 Å². The van der Waals surface area contributed by atoms with E-state index in [4.69, 9.17) is 5.73 Å². The minimum absolute atomic E-state index is 0.228. The van der Waals surface area contributed by atoms with Crippen LogP contribution in [0.15, 0.2) is 6.07 Å². The van der Waals surface area contributed by atoms with Crippen molar-refractivity contribution in [3.05, 3.63) is 17.6 Å². The zero-order chi connectivity index (χ0) is 10.6. The molecular weight excluding hydrogens is 176 g/mol. The maximum atomic E-state index is 5.64. The number of aryl methyl sites for hydroxylation is 2. The third kappa shape index (κ3) is 3.70. The summed E-state index contributed by atoms with van der Waals surface area (Å²) in [6, 6.07) is 2.17. The maximum absolute atomic E-state index is 5.64. The molecule has 1 atom stereocenters. The number of hydrogen-bond acceptors (Lipinski definition) is 4. The molecule has 0 aliphatic carbocycles. The van der Waals surface area contributed by atoms with E-state index < -0.39 is 0 Å². The van der Waals surface area contributed by atoms with Crippen molar-refractivity contribution in [1.82, 2.24) is 9.97 Å². The van der Waals surface area contributed by atoms with E-state index in [1.807, 2.05) is 26.8 Å². The van der Waals surface area contributed by atoms with Crippen molar-refractivity contribution in [2.45, 2.75) is 33.2 Å². The molecule has 14 heavy (non-hydrogen) atoms. The molecule has 0 radical (unpaired) electrons. The second-order valence-electron chi connectivity index (χ2n) is 3.63. The van der Waals surface area contributed by atoms with Gasteiger partial charge in [0.1, 0.15) is 11.6 Å². The molecule has 78 valence electrons. The smallest absolute Gasteiger partial charge is 0.129 e. The predicted octanol–water partition coefficient (Wildman–Crippen LogP) is 1.24. The summed E-state index contributed by atoms with van der Waals surface area (Å²) in [5.41, 5.74) is 6.63. The van der Waals surface area contributed by atoms with Crippen LogP contribution in [0.3, 0.4) is 0 Å². The molecule has 0 aliphatic heterocycles. The summed E-state index contributed by atoms with van der Waals surface area (Å²) in [6.45, 7) is 6.71. The molecule has 1 aromatic heterocycles. The molecule has 3 N–H and O–H groups in total. The molecule has 0 spiro atoms. The van der Waals surface area contributed by atoms with Crippen LogP contribution in [-0.2, 0) is 0 Å². The fraction of sp³-hybridized carbons (Fsp3) is 0.600. The topological polar surface area (TPSA) is 63.8 Å². The van der Waals surface area contributed by atoms with Gasteiger partial charge in [0.05, 0.1) is 0 Å². The molecule has 4 nitrogen and oxygen atoms in total. The summed E-state index contributed by atoms with van der Waals surface area (Å²) in [5.74, 6) is 1.68. The highest BCUT2D eigenvalue weighted by molar-refractivity contribution is 5.35. The van der Waals surface area contributed by atoms with E-state index in [1.165, 1.54) is 0 Å². The minimum Gasteiger partial charge on any atom is -0.370 e. The summed E-state index contributed by atoms with van der Waals surface area (Å²) >= 11 is 0. The Morgan fingerprint density at radius 3 is 2.71 bits per heavy atom. The molecule has 0 aromatic carbocycles. The maximum Gasteiger partial charge on any atom is 0.129 e. The Kier molecular flexibility index (Phi) is 3.83. The quantitative estimate of drug-likeness (QED) is 0.757. The van der Waals surface area contributed by atoms with Gasteiger partial charge in [-0.2, -0.15) is 0 Å². The first-order valence-corrected chi connectivity index (χ1v) is 4.89. The number of nitrogens with one attached hydrogen (secondary N) is 1. The van der Waals surface area contributed by atoms with Crippen molar-refractivity contribution in [2.75, 3.05) is 11.9 Å². The Hall–Kier alpha value is -1.16. The Morgan fingerprint density at radius 2 is 2.14 bits per heavy atom. The van der Waals surface area contributed by atoms with Gasteiger partial charge in [-0.25, -0.2) is 9.97 Å². The monoisotopic (exact) mass is 194 g/mol. The van der Waals surface area contributed by atoms with Crippen LogP contribution in [0.25, 0.3) is 0 Å². The van der Waals surface area contributed by atoms with Gasteiger partial charge >= 0.3 is 0 Å². The highest BCUT2D eigenvalue weighted by atomic mass is 15.0. The fourth-order valence-corrected chi connectivity index (χ4v) is 1.24. The lowest BCUT2D eigenvalue weighted by molar-refractivity contribution is 0.689. The molecule has 0 saturated carbocycles. The SMILES string of the molecule is Cc1cc(NCCC(C)N)nc(C)n1. The first kappa shape index (κ1) is 10.9. The Morgan fingerprint density at radius 1 is 1.43 bits per heavy atom. The number of aromatic nitrogens is 2. The third-order valence-corrected chi connectivity index (χ3v) is 1.87. The lowest BCUT2D eigenvalue weighted by atomic mass is 10.2. The highest BCUT2D eigenvalue weighted by Gasteiger charge is 1.98. The number of hydrogen-bond donors (Lipinski definition) is 2. The number of rotatable bonds is 4. The molecule has 0 saturated heterocycles. The van der Waals surface area contributed by atoms with E-state index in [9.17, 15) is 0 Å². The second-order valence-corrected chi connectivity index (χ2v) is 3.63. The number of nitrogens with two attached hydrogens (primary N) is 1. The predicted molar refractivity (Wildman–Crippen MR) is 58.3 cm³/mol. The van der Waals surface area contributed by atoms with Crippen LogP contribution in [-0.4, -0.2) is 22.6 Å². The van der Waals surface area contributed by atoms with Crippen LogP contribution >= 0.6 is 0 Å². The largest absolute Gasteiger partial charge is 0.370 e. The van der Waals surface area contributed by atoms with Gasteiger partial charge in [-0.15, -0.1) is 0 Å². The second kappa shape index (κ2) is 4.91. The van der Waals surface area contributed by atoms with Gasteiger partial charge in [-0.05, 0) is 27.2 Å². The van der Waals surface area contributed by atoms with Crippen LogP contribution in [0.4, 0.5) is 5.82 Å². The van der Waals surface area contributed by atoms with Crippen LogP contribution in [0.5, 0.6) is 0 Å². The molecule has 1 rings (SSSR count). The standard InChI is InChI=1S/C10H18N4/c1-7(11)4-5-12-10-6-8(2)13-9(3)14-10/h6-7H,4-5,11H2,1-3H3,(H,12,13,14). The molecule has 4 heteroatoms. The summed E-state index contributed by atoms with van der Waals surface area (Å²) < 4.78 is 0. The van der Waals surface area contributed by atoms with Gasteiger partial charge < -0.3 is 11.1 Å². The average Bonchev–Trinajstić information content (AvgIpc) is 2.01. The van der Waals surface area contributed by atoms with E-state index in [1.54, 1.807) is 0 Å². The van der Waals surface area contributed by atoms with Gasteiger partial charge in [0.25, 0.3) is 0 Å². The average molecular weight is 194 g/mol. The lowest BCUT2D eigenvalue weighted by Crippen LogP contribution is -2.19. The fourth-order valence-electron chi connectivity index (χ4n) is 1.24. The molecule has 1 unspecified atom stereocenters. The highest BCUT2D eigenvalue weighted by Crippen LogP contribution is 2.05. The summed E-state index contributed by atoms with van der Waals surface area (Å²) in [6.07, 6.45) is 0.947. The Balaban J connectivity index is 2.50. The van der Waals surface area contributed by atoms with Crippen molar-refractivity contribution in [2.24, 2.45) is 5.73 Å². The molecule has 0 bridgehead atoms. The molecule has 0 aliphatic rings. The van der Waals surface area contributed by atoms with E-state index in [0.717, 1.165) is 30.3 Å². The molecule has 1 heterocycles. The van der Waals surface area contributed by atoms with E-state index >= 15 is 0 Å². The van der Waals surface area contributed by atoms with Gasteiger partial charge in [0.2, 0.25) is 0 Å². The van der Waals surface area contributed by atoms with Crippen LogP contribution in [0.1, 0.15) is 24.9 Å². The lowest BCUT2D eigenvalue weighted by Gasteiger charge is -2.08. The number of anilines is 1. The van der Waals surface area contributed by atoms with Crippen LogP contribution in [0.2, 0.25) is 0 Å². The van der Waals surface area contributed by atoms with Crippen molar-refractivity contribution in [3.63, 3.8) is 0 Å². The van der Waals surface area contributed by atoms with Crippen molar-refractivity contribution in [3.8, 4) is 0 Å². The van der Waals surface area contributed by atoms with E-state index in [0.29, 0.717) is 0 Å². The third-order valence-electron chi connectivity index (χ3n) is 1.87. The van der Waals surface area contributed by atoms with E-state index in [-0.39, 0.29) is 6.04 Å². The normalized spacial score (nSPS) is 12.6. The Bertz CT molecular complexity index is 276. The number of nitrogens with zero attached hydrogens (tertiary/aromatic N) is 2. The summed E-state index contributed by atoms with van der Waals surface area (Å²) in [7, 11) is 0. The van der Waals surface area contributed by atoms with Crippen molar-refractivity contribution in [1.29, 1.82) is 0 Å².